The van der Waals surface area contributed by atoms with Crippen molar-refractivity contribution >= 4 is 22.6 Å². The van der Waals surface area contributed by atoms with Gasteiger partial charge in [-0.15, -0.1) is 0 Å². The van der Waals surface area contributed by atoms with E-state index in [-0.39, 0.29) is 6.04 Å². The Labute approximate surface area is 138 Å². The third-order valence-electron chi connectivity index (χ3n) is 3.61. The monoisotopic (exact) mass is 395 g/mol. The van der Waals surface area contributed by atoms with Crippen LogP contribution in [0, 0.1) is 3.57 Å². The summed E-state index contributed by atoms with van der Waals surface area (Å²) in [7, 11) is 1.98. The summed E-state index contributed by atoms with van der Waals surface area (Å²) >= 11 is 2.38. The zero-order valence-corrected chi connectivity index (χ0v) is 14.1. The lowest BCUT2D eigenvalue weighted by molar-refractivity contribution is 0.297. The van der Waals surface area contributed by atoms with Crippen LogP contribution in [0.4, 0.5) is 0 Å². The molecule has 3 nitrogen and oxygen atoms in total. The van der Waals surface area contributed by atoms with Crippen molar-refractivity contribution in [1.29, 1.82) is 0 Å². The van der Waals surface area contributed by atoms with E-state index in [1.165, 1.54) is 14.7 Å². The van der Waals surface area contributed by atoms with Crippen LogP contribution in [-0.4, -0.2) is 20.3 Å². The molecule has 1 N–H and O–H groups in total. The highest BCUT2D eigenvalue weighted by molar-refractivity contribution is 14.1. The zero-order valence-electron chi connectivity index (χ0n) is 11.9. The van der Waals surface area contributed by atoms with Crippen molar-refractivity contribution in [2.45, 2.75) is 12.5 Å². The van der Waals surface area contributed by atoms with Gasteiger partial charge in [0, 0.05) is 9.99 Å². The van der Waals surface area contributed by atoms with Crippen LogP contribution in [0.1, 0.15) is 23.6 Å². The van der Waals surface area contributed by atoms with Gasteiger partial charge < -0.3 is 14.8 Å². The molecule has 4 heteroatoms. The maximum Gasteiger partial charge on any atom is 0.161 e. The number of hydrogen-bond acceptors (Lipinski definition) is 3. The van der Waals surface area contributed by atoms with Gasteiger partial charge in [-0.2, -0.15) is 0 Å². The fraction of sp³-hybridized carbons (Fsp3) is 0.294. The molecule has 1 aliphatic rings. The highest BCUT2D eigenvalue weighted by Crippen LogP contribution is 2.34. The fourth-order valence-corrected chi connectivity index (χ4v) is 3.27. The predicted molar refractivity (Wildman–Crippen MR) is 92.1 cm³/mol. The van der Waals surface area contributed by atoms with E-state index in [9.17, 15) is 0 Å². The molecule has 1 aliphatic heterocycles. The first kappa shape index (κ1) is 14.7. The van der Waals surface area contributed by atoms with Crippen molar-refractivity contribution in [2.24, 2.45) is 0 Å². The quantitative estimate of drug-likeness (QED) is 0.803. The third kappa shape index (κ3) is 3.16. The Morgan fingerprint density at radius 1 is 1.05 bits per heavy atom. The number of halogens is 1. The lowest BCUT2D eigenvalue weighted by atomic mass is 9.98. The van der Waals surface area contributed by atoms with Crippen molar-refractivity contribution < 1.29 is 9.47 Å². The topological polar surface area (TPSA) is 30.5 Å². The molecule has 0 bridgehead atoms. The van der Waals surface area contributed by atoms with Crippen LogP contribution in [0.25, 0.3) is 0 Å². The molecule has 1 heterocycles. The van der Waals surface area contributed by atoms with Gasteiger partial charge in [0.15, 0.2) is 11.5 Å². The largest absolute Gasteiger partial charge is 0.490 e. The van der Waals surface area contributed by atoms with Crippen molar-refractivity contribution in [3.05, 3.63) is 57.2 Å². The van der Waals surface area contributed by atoms with Gasteiger partial charge in [0.2, 0.25) is 0 Å². The molecule has 2 aromatic rings. The summed E-state index contributed by atoms with van der Waals surface area (Å²) in [6, 6.07) is 14.8. The Bertz CT molecular complexity index is 630. The number of rotatable bonds is 3. The van der Waals surface area contributed by atoms with Crippen LogP contribution in [0.3, 0.4) is 0 Å². The SMILES string of the molecule is CNC(c1ccc2c(c1)OCCCO2)c1ccccc1I. The summed E-state index contributed by atoms with van der Waals surface area (Å²) in [6.07, 6.45) is 0.927. The van der Waals surface area contributed by atoms with E-state index >= 15 is 0 Å². The standard InChI is InChI=1S/C17H18INO2/c1-19-17(13-5-2-3-6-14(13)18)12-7-8-15-16(11-12)21-10-4-9-20-15/h2-3,5-8,11,17,19H,4,9-10H2,1H3. The smallest absolute Gasteiger partial charge is 0.161 e. The second kappa shape index (κ2) is 6.66. The van der Waals surface area contributed by atoms with Gasteiger partial charge in [-0.25, -0.2) is 0 Å². The molecule has 110 valence electrons. The number of hydrogen-bond donors (Lipinski definition) is 1. The minimum atomic E-state index is 0.148. The molecule has 0 radical (unpaired) electrons. The van der Waals surface area contributed by atoms with Gasteiger partial charge in [-0.1, -0.05) is 24.3 Å². The van der Waals surface area contributed by atoms with Crippen LogP contribution < -0.4 is 14.8 Å². The second-order valence-corrected chi connectivity index (χ2v) is 6.16. The van der Waals surface area contributed by atoms with Crippen LogP contribution in [0.15, 0.2) is 42.5 Å². The van der Waals surface area contributed by atoms with Crippen molar-refractivity contribution in [1.82, 2.24) is 5.32 Å². The second-order valence-electron chi connectivity index (χ2n) is 5.00. The summed E-state index contributed by atoms with van der Waals surface area (Å²) in [6.45, 7) is 1.43. The maximum absolute atomic E-state index is 5.80. The summed E-state index contributed by atoms with van der Waals surface area (Å²) in [4.78, 5) is 0. The van der Waals surface area contributed by atoms with Gasteiger partial charge in [0.25, 0.3) is 0 Å². The average Bonchev–Trinajstić information content (AvgIpc) is 2.75. The first-order valence-corrected chi connectivity index (χ1v) is 8.18. The number of nitrogens with one attached hydrogen (secondary N) is 1. The minimum Gasteiger partial charge on any atom is -0.490 e. The van der Waals surface area contributed by atoms with Gasteiger partial charge >= 0.3 is 0 Å². The Morgan fingerprint density at radius 2 is 1.81 bits per heavy atom. The van der Waals surface area contributed by atoms with Crippen LogP contribution in [0.2, 0.25) is 0 Å². The van der Waals surface area contributed by atoms with E-state index in [0.717, 1.165) is 24.5 Å². The summed E-state index contributed by atoms with van der Waals surface area (Å²) < 4.78 is 12.7. The number of benzene rings is 2. The van der Waals surface area contributed by atoms with Gasteiger partial charge in [0.1, 0.15) is 0 Å². The van der Waals surface area contributed by atoms with E-state index < -0.39 is 0 Å². The fourth-order valence-electron chi connectivity index (χ4n) is 2.57. The Hall–Kier alpha value is -1.27. The van der Waals surface area contributed by atoms with E-state index in [0.29, 0.717) is 6.61 Å². The van der Waals surface area contributed by atoms with Crippen molar-refractivity contribution in [2.75, 3.05) is 20.3 Å². The highest BCUT2D eigenvalue weighted by Gasteiger charge is 2.18. The predicted octanol–water partition coefficient (Wildman–Crippen LogP) is 3.76. The Morgan fingerprint density at radius 3 is 2.57 bits per heavy atom. The molecule has 2 aromatic carbocycles. The first-order valence-electron chi connectivity index (χ1n) is 7.11. The molecule has 0 saturated carbocycles. The van der Waals surface area contributed by atoms with Crippen LogP contribution in [0.5, 0.6) is 11.5 Å². The molecule has 0 aliphatic carbocycles. The Kier molecular flexibility index (Phi) is 4.65. The van der Waals surface area contributed by atoms with Gasteiger partial charge in [-0.05, 0) is 59.0 Å². The molecule has 0 aromatic heterocycles. The van der Waals surface area contributed by atoms with Crippen molar-refractivity contribution in [3.8, 4) is 11.5 Å². The highest BCUT2D eigenvalue weighted by atomic mass is 127. The van der Waals surface area contributed by atoms with E-state index in [2.05, 4.69) is 64.3 Å². The summed E-state index contributed by atoms with van der Waals surface area (Å²) in [5.74, 6) is 1.69. The molecule has 0 amide bonds. The van der Waals surface area contributed by atoms with Gasteiger partial charge in [0.05, 0.1) is 19.3 Å². The normalized spacial score (nSPS) is 15.3. The number of fused-ring (bicyclic) bond motifs is 1. The molecular weight excluding hydrogens is 377 g/mol. The lowest BCUT2D eigenvalue weighted by Gasteiger charge is -2.20. The Balaban J connectivity index is 1.98. The van der Waals surface area contributed by atoms with E-state index in [1.807, 2.05) is 13.1 Å². The van der Waals surface area contributed by atoms with Crippen LogP contribution in [-0.2, 0) is 0 Å². The van der Waals surface area contributed by atoms with E-state index in [1.54, 1.807) is 0 Å². The molecule has 0 spiro atoms. The molecule has 1 unspecified atom stereocenters. The van der Waals surface area contributed by atoms with Crippen molar-refractivity contribution in [3.63, 3.8) is 0 Å². The maximum atomic E-state index is 5.80. The molecule has 3 rings (SSSR count). The average molecular weight is 395 g/mol. The molecule has 0 fully saturated rings. The summed E-state index contributed by atoms with van der Waals surface area (Å²) in [5, 5.41) is 3.40. The van der Waals surface area contributed by atoms with E-state index in [4.69, 9.17) is 9.47 Å². The molecule has 0 saturated heterocycles. The molecule has 21 heavy (non-hydrogen) atoms. The first-order chi connectivity index (χ1) is 10.3. The zero-order chi connectivity index (χ0) is 14.7. The molecule has 1 atom stereocenters. The third-order valence-corrected chi connectivity index (χ3v) is 4.59. The minimum absolute atomic E-state index is 0.148. The number of ether oxygens (including phenoxy) is 2. The lowest BCUT2D eigenvalue weighted by Crippen LogP contribution is -2.18. The van der Waals surface area contributed by atoms with Gasteiger partial charge in [-0.3, -0.25) is 0 Å². The summed E-state index contributed by atoms with van der Waals surface area (Å²) in [5.41, 5.74) is 2.46. The van der Waals surface area contributed by atoms with Crippen LogP contribution >= 0.6 is 22.6 Å². The molecular formula is C17H18INO2.